The summed E-state index contributed by atoms with van der Waals surface area (Å²) < 4.78 is 19.2. The number of benzene rings is 3. The average molecular weight is 467 g/mol. The van der Waals surface area contributed by atoms with Crippen molar-refractivity contribution in [3.8, 4) is 11.8 Å². The molecule has 0 aliphatic rings. The van der Waals surface area contributed by atoms with Gasteiger partial charge in [-0.25, -0.2) is 4.39 Å². The molecular formula is C22H12Cl4FNO. The number of halogens is 5. The lowest BCUT2D eigenvalue weighted by atomic mass is 10.0. The quantitative estimate of drug-likeness (QED) is 0.281. The lowest BCUT2D eigenvalue weighted by Gasteiger charge is -2.12. The molecule has 0 amide bonds. The molecule has 0 fully saturated rings. The summed E-state index contributed by atoms with van der Waals surface area (Å²) in [6, 6.07) is 16.1. The maximum Gasteiger partial charge on any atom is 0.157 e. The maximum atomic E-state index is 13.4. The summed E-state index contributed by atoms with van der Waals surface area (Å²) in [5, 5.41) is 11.0. The van der Waals surface area contributed by atoms with Crippen molar-refractivity contribution in [2.45, 2.75) is 6.61 Å². The first kappa shape index (κ1) is 21.5. The highest BCUT2D eigenvalue weighted by Gasteiger charge is 2.12. The Morgan fingerprint density at radius 2 is 1.69 bits per heavy atom. The Kier molecular flexibility index (Phi) is 7.05. The maximum absolute atomic E-state index is 13.4. The van der Waals surface area contributed by atoms with Gasteiger partial charge in [-0.2, -0.15) is 5.26 Å². The number of hydrogen-bond donors (Lipinski definition) is 0. The van der Waals surface area contributed by atoms with E-state index in [1.54, 1.807) is 42.5 Å². The molecule has 0 bridgehead atoms. The van der Waals surface area contributed by atoms with Gasteiger partial charge in [0.1, 0.15) is 12.4 Å². The van der Waals surface area contributed by atoms with Crippen LogP contribution in [0.1, 0.15) is 16.7 Å². The molecule has 0 aliphatic heterocycles. The minimum absolute atomic E-state index is 0.150. The first-order chi connectivity index (χ1) is 13.9. The van der Waals surface area contributed by atoms with Gasteiger partial charge >= 0.3 is 0 Å². The Morgan fingerprint density at radius 3 is 2.31 bits per heavy atom. The zero-order valence-electron chi connectivity index (χ0n) is 14.7. The molecule has 7 heteroatoms. The molecule has 0 heterocycles. The third kappa shape index (κ3) is 5.44. The predicted molar refractivity (Wildman–Crippen MR) is 117 cm³/mol. The van der Waals surface area contributed by atoms with Crippen LogP contribution in [-0.2, 0) is 6.61 Å². The molecule has 3 rings (SSSR count). The van der Waals surface area contributed by atoms with E-state index < -0.39 is 5.82 Å². The van der Waals surface area contributed by atoms with Crippen molar-refractivity contribution in [1.82, 2.24) is 0 Å². The second-order valence-corrected chi connectivity index (χ2v) is 7.68. The number of rotatable bonds is 5. The van der Waals surface area contributed by atoms with Crippen molar-refractivity contribution in [2.24, 2.45) is 0 Å². The molecule has 0 aliphatic carbocycles. The van der Waals surface area contributed by atoms with E-state index in [9.17, 15) is 9.65 Å². The summed E-state index contributed by atoms with van der Waals surface area (Å²) in [7, 11) is 0. The molecule has 146 valence electrons. The van der Waals surface area contributed by atoms with Crippen LogP contribution >= 0.6 is 46.4 Å². The zero-order chi connectivity index (χ0) is 21.0. The third-order valence-corrected chi connectivity index (χ3v) is 5.12. The highest BCUT2D eigenvalue weighted by molar-refractivity contribution is 6.37. The van der Waals surface area contributed by atoms with Crippen LogP contribution in [0.15, 0.2) is 54.6 Å². The molecule has 2 nitrogen and oxygen atoms in total. The average Bonchev–Trinajstić information content (AvgIpc) is 2.67. The zero-order valence-corrected chi connectivity index (χ0v) is 17.7. The lowest BCUT2D eigenvalue weighted by molar-refractivity contribution is 0.306. The number of ether oxygens (including phenoxy) is 1. The summed E-state index contributed by atoms with van der Waals surface area (Å²) in [5.74, 6) is -0.134. The van der Waals surface area contributed by atoms with Crippen LogP contribution in [0.5, 0.6) is 5.75 Å². The Morgan fingerprint density at radius 1 is 0.966 bits per heavy atom. The first-order valence-electron chi connectivity index (χ1n) is 8.31. The molecular weight excluding hydrogens is 455 g/mol. The van der Waals surface area contributed by atoms with Gasteiger partial charge in [-0.15, -0.1) is 0 Å². The smallest absolute Gasteiger partial charge is 0.157 e. The summed E-state index contributed by atoms with van der Waals surface area (Å²) in [6.07, 6.45) is 1.58. The monoisotopic (exact) mass is 465 g/mol. The molecule has 29 heavy (non-hydrogen) atoms. The van der Waals surface area contributed by atoms with E-state index in [2.05, 4.69) is 6.07 Å². The SMILES string of the molecule is N#C/C(=C/c1cc(Cl)c(OCc2ccc(Cl)cc2Cl)c(Cl)c1)c1cccc(F)c1. The van der Waals surface area contributed by atoms with E-state index in [-0.39, 0.29) is 22.2 Å². The van der Waals surface area contributed by atoms with E-state index in [0.29, 0.717) is 26.9 Å². The van der Waals surface area contributed by atoms with E-state index in [4.69, 9.17) is 51.1 Å². The van der Waals surface area contributed by atoms with Gasteiger partial charge in [-0.3, -0.25) is 0 Å². The van der Waals surface area contributed by atoms with Crippen molar-refractivity contribution in [2.75, 3.05) is 0 Å². The molecule has 3 aromatic carbocycles. The van der Waals surface area contributed by atoms with E-state index in [1.807, 2.05) is 0 Å². The van der Waals surface area contributed by atoms with Gasteiger partial charge in [0.25, 0.3) is 0 Å². The van der Waals surface area contributed by atoms with Crippen LogP contribution in [0, 0.1) is 17.1 Å². The van der Waals surface area contributed by atoms with Gasteiger partial charge in [-0.1, -0.05) is 64.6 Å². The van der Waals surface area contributed by atoms with Gasteiger partial charge < -0.3 is 4.74 Å². The summed E-state index contributed by atoms with van der Waals surface area (Å²) in [4.78, 5) is 0. The van der Waals surface area contributed by atoms with Crippen molar-refractivity contribution in [1.29, 1.82) is 5.26 Å². The molecule has 0 spiro atoms. The number of nitriles is 1. The van der Waals surface area contributed by atoms with E-state index in [0.717, 1.165) is 5.56 Å². The number of hydrogen-bond acceptors (Lipinski definition) is 2. The molecule has 0 saturated heterocycles. The van der Waals surface area contributed by atoms with Crippen molar-refractivity contribution < 1.29 is 9.13 Å². The highest BCUT2D eigenvalue weighted by atomic mass is 35.5. The van der Waals surface area contributed by atoms with Crippen LogP contribution in [0.3, 0.4) is 0 Å². The van der Waals surface area contributed by atoms with Crippen molar-refractivity contribution >= 4 is 58.1 Å². The van der Waals surface area contributed by atoms with Gasteiger partial charge in [0.05, 0.1) is 21.7 Å². The normalized spacial score (nSPS) is 11.2. The van der Waals surface area contributed by atoms with Gasteiger partial charge in [0.2, 0.25) is 0 Å². The molecule has 0 atom stereocenters. The summed E-state index contributed by atoms with van der Waals surface area (Å²) >= 11 is 24.7. The van der Waals surface area contributed by atoms with Gasteiger partial charge in [-0.05, 0) is 53.6 Å². The minimum atomic E-state index is -0.427. The second-order valence-electron chi connectivity index (χ2n) is 6.02. The van der Waals surface area contributed by atoms with Crippen LogP contribution in [0.25, 0.3) is 11.6 Å². The van der Waals surface area contributed by atoms with E-state index >= 15 is 0 Å². The van der Waals surface area contributed by atoms with Crippen molar-refractivity contribution in [3.05, 3.63) is 97.2 Å². The molecule has 0 N–H and O–H groups in total. The number of nitrogens with zero attached hydrogens (tertiary/aromatic N) is 1. The standard InChI is InChI=1S/C22H12Cl4FNO/c23-17-5-4-15(19(24)10-17)12-29-22-20(25)7-13(8-21(22)26)6-16(11-28)14-2-1-3-18(27)9-14/h1-10H,12H2/b16-6-. The van der Waals surface area contributed by atoms with E-state index in [1.165, 1.54) is 18.2 Å². The fraction of sp³-hybridized carbons (Fsp3) is 0.0455. The Hall–Kier alpha value is -2.22. The molecule has 0 radical (unpaired) electrons. The Labute approximate surface area is 187 Å². The van der Waals surface area contributed by atoms with Gasteiger partial charge in [0, 0.05) is 15.6 Å². The molecule has 0 saturated carbocycles. The number of allylic oxidation sites excluding steroid dienone is 1. The lowest BCUT2D eigenvalue weighted by Crippen LogP contribution is -1.98. The second kappa shape index (κ2) is 9.52. The van der Waals surface area contributed by atoms with Crippen LogP contribution < -0.4 is 4.74 Å². The highest BCUT2D eigenvalue weighted by Crippen LogP contribution is 2.36. The molecule has 0 aromatic heterocycles. The topological polar surface area (TPSA) is 33.0 Å². The Balaban J connectivity index is 1.86. The largest absolute Gasteiger partial charge is 0.486 e. The summed E-state index contributed by atoms with van der Waals surface area (Å²) in [6.45, 7) is 0.150. The van der Waals surface area contributed by atoms with Crippen LogP contribution in [0.2, 0.25) is 20.1 Å². The molecule has 3 aromatic rings. The summed E-state index contributed by atoms with van der Waals surface area (Å²) in [5.41, 5.74) is 2.04. The molecule has 0 unspecified atom stereocenters. The van der Waals surface area contributed by atoms with Crippen LogP contribution in [-0.4, -0.2) is 0 Å². The van der Waals surface area contributed by atoms with Crippen LogP contribution in [0.4, 0.5) is 4.39 Å². The fourth-order valence-electron chi connectivity index (χ4n) is 2.59. The first-order valence-corrected chi connectivity index (χ1v) is 9.82. The van der Waals surface area contributed by atoms with Gasteiger partial charge in [0.15, 0.2) is 5.75 Å². The van der Waals surface area contributed by atoms with Crippen molar-refractivity contribution in [3.63, 3.8) is 0 Å². The minimum Gasteiger partial charge on any atom is -0.486 e. The predicted octanol–water partition coefficient (Wildman–Crippen LogP) is 8.08. The third-order valence-electron chi connectivity index (χ3n) is 3.97. The fourth-order valence-corrected chi connectivity index (χ4v) is 3.67. The Bertz CT molecular complexity index is 1110.